The van der Waals surface area contributed by atoms with Crippen LogP contribution in [-0.2, 0) is 0 Å². The maximum atomic E-state index is 9.39. The number of unbranched alkanes of at least 4 members (excludes halogenated alkanes) is 1. The molecule has 0 spiro atoms. The van der Waals surface area contributed by atoms with E-state index >= 15 is 0 Å². The van der Waals surface area contributed by atoms with E-state index in [0.717, 1.165) is 12.8 Å². The fourth-order valence-electron chi connectivity index (χ4n) is 0.717. The van der Waals surface area contributed by atoms with Crippen molar-refractivity contribution in [1.82, 2.24) is 0 Å². The zero-order valence-corrected chi connectivity index (χ0v) is 7.46. The SMILES string of the molecule is C=C[C@H](C)[C@@H](O)/C=C/CCC. The van der Waals surface area contributed by atoms with Crippen molar-refractivity contribution < 1.29 is 5.11 Å². The van der Waals surface area contributed by atoms with Crippen LogP contribution in [0.25, 0.3) is 0 Å². The molecule has 0 aliphatic heterocycles. The number of rotatable bonds is 5. The summed E-state index contributed by atoms with van der Waals surface area (Å²) in [5.41, 5.74) is 0. The minimum Gasteiger partial charge on any atom is -0.388 e. The Bertz CT molecular complexity index is 127. The molecular weight excluding hydrogens is 136 g/mol. The highest BCUT2D eigenvalue weighted by molar-refractivity contribution is 4.95. The van der Waals surface area contributed by atoms with Gasteiger partial charge in [-0.25, -0.2) is 0 Å². The highest BCUT2D eigenvalue weighted by Gasteiger charge is 2.04. The molecule has 1 nitrogen and oxygen atoms in total. The molecule has 1 heteroatoms. The summed E-state index contributed by atoms with van der Waals surface area (Å²) in [7, 11) is 0. The smallest absolute Gasteiger partial charge is 0.0780 e. The summed E-state index contributed by atoms with van der Waals surface area (Å²) >= 11 is 0. The van der Waals surface area contributed by atoms with Crippen LogP contribution in [0.1, 0.15) is 26.7 Å². The van der Waals surface area contributed by atoms with Crippen molar-refractivity contribution in [2.75, 3.05) is 0 Å². The van der Waals surface area contributed by atoms with Gasteiger partial charge in [0.05, 0.1) is 6.10 Å². The largest absolute Gasteiger partial charge is 0.388 e. The summed E-state index contributed by atoms with van der Waals surface area (Å²) in [5, 5.41) is 9.39. The monoisotopic (exact) mass is 154 g/mol. The number of aliphatic hydroxyl groups is 1. The second-order valence-electron chi connectivity index (χ2n) is 2.80. The second kappa shape index (κ2) is 6.17. The molecule has 0 radical (unpaired) electrons. The molecule has 0 aliphatic carbocycles. The van der Waals surface area contributed by atoms with Crippen LogP contribution < -0.4 is 0 Å². The maximum Gasteiger partial charge on any atom is 0.0780 e. The minimum atomic E-state index is -0.362. The first kappa shape index (κ1) is 10.4. The van der Waals surface area contributed by atoms with Gasteiger partial charge in [-0.3, -0.25) is 0 Å². The Balaban J connectivity index is 3.65. The Morgan fingerprint density at radius 1 is 1.55 bits per heavy atom. The van der Waals surface area contributed by atoms with Gasteiger partial charge in [-0.1, -0.05) is 38.5 Å². The topological polar surface area (TPSA) is 20.2 Å². The zero-order valence-electron chi connectivity index (χ0n) is 7.46. The molecular formula is C10H18O. The number of aliphatic hydroxyl groups excluding tert-OH is 1. The van der Waals surface area contributed by atoms with Gasteiger partial charge in [-0.05, 0) is 6.42 Å². The molecule has 0 aromatic carbocycles. The molecule has 11 heavy (non-hydrogen) atoms. The molecule has 0 aromatic rings. The van der Waals surface area contributed by atoms with Crippen molar-refractivity contribution in [2.45, 2.75) is 32.8 Å². The molecule has 64 valence electrons. The van der Waals surface area contributed by atoms with Crippen LogP contribution in [0, 0.1) is 5.92 Å². The fourth-order valence-corrected chi connectivity index (χ4v) is 0.717. The first-order valence-electron chi connectivity index (χ1n) is 4.19. The van der Waals surface area contributed by atoms with Crippen molar-refractivity contribution in [3.05, 3.63) is 24.8 Å². The fraction of sp³-hybridized carbons (Fsp3) is 0.600. The van der Waals surface area contributed by atoms with Crippen LogP contribution in [-0.4, -0.2) is 11.2 Å². The standard InChI is InChI=1S/C10H18O/c1-4-6-7-8-10(11)9(3)5-2/h5,7-11H,2,4,6H2,1,3H3/b8-7+/t9-,10-/m0/s1. The third-order valence-electron chi connectivity index (χ3n) is 1.70. The van der Waals surface area contributed by atoms with Gasteiger partial charge < -0.3 is 5.11 Å². The highest BCUT2D eigenvalue weighted by atomic mass is 16.3. The van der Waals surface area contributed by atoms with Gasteiger partial charge >= 0.3 is 0 Å². The molecule has 2 atom stereocenters. The molecule has 0 rings (SSSR count). The molecule has 0 bridgehead atoms. The first-order chi connectivity index (χ1) is 5.22. The number of hydrogen-bond donors (Lipinski definition) is 1. The van der Waals surface area contributed by atoms with E-state index in [1.807, 2.05) is 19.1 Å². The van der Waals surface area contributed by atoms with Gasteiger partial charge in [0.2, 0.25) is 0 Å². The van der Waals surface area contributed by atoms with Crippen molar-refractivity contribution in [3.63, 3.8) is 0 Å². The van der Waals surface area contributed by atoms with Crippen LogP contribution in [0.4, 0.5) is 0 Å². The molecule has 0 saturated carbocycles. The van der Waals surface area contributed by atoms with Gasteiger partial charge in [0, 0.05) is 5.92 Å². The minimum absolute atomic E-state index is 0.156. The summed E-state index contributed by atoms with van der Waals surface area (Å²) in [6.45, 7) is 7.69. The van der Waals surface area contributed by atoms with E-state index in [9.17, 15) is 5.11 Å². The quantitative estimate of drug-likeness (QED) is 0.603. The summed E-state index contributed by atoms with van der Waals surface area (Å²) in [5.74, 6) is 0.156. The molecule has 1 N–H and O–H groups in total. The van der Waals surface area contributed by atoms with E-state index in [2.05, 4.69) is 13.5 Å². The summed E-state index contributed by atoms with van der Waals surface area (Å²) in [4.78, 5) is 0. The summed E-state index contributed by atoms with van der Waals surface area (Å²) in [6, 6.07) is 0. The Hall–Kier alpha value is -0.560. The van der Waals surface area contributed by atoms with Gasteiger partial charge in [0.15, 0.2) is 0 Å². The van der Waals surface area contributed by atoms with Crippen molar-refractivity contribution >= 4 is 0 Å². The first-order valence-corrected chi connectivity index (χ1v) is 4.19. The predicted molar refractivity (Wildman–Crippen MR) is 49.4 cm³/mol. The van der Waals surface area contributed by atoms with Crippen LogP contribution in [0.3, 0.4) is 0 Å². The Morgan fingerprint density at radius 3 is 2.64 bits per heavy atom. The molecule has 0 heterocycles. The van der Waals surface area contributed by atoms with Crippen molar-refractivity contribution in [2.24, 2.45) is 5.92 Å². The zero-order chi connectivity index (χ0) is 8.69. The van der Waals surface area contributed by atoms with E-state index in [4.69, 9.17) is 0 Å². The number of hydrogen-bond acceptors (Lipinski definition) is 1. The van der Waals surface area contributed by atoms with Gasteiger partial charge in [-0.2, -0.15) is 0 Å². The lowest BCUT2D eigenvalue weighted by Gasteiger charge is -2.09. The average Bonchev–Trinajstić information content (AvgIpc) is 2.03. The highest BCUT2D eigenvalue weighted by Crippen LogP contribution is 2.05. The molecule has 0 aromatic heterocycles. The Labute approximate surface area is 69.4 Å². The Kier molecular flexibility index (Phi) is 5.86. The molecule has 0 saturated heterocycles. The lowest BCUT2D eigenvalue weighted by Crippen LogP contribution is -2.11. The lowest BCUT2D eigenvalue weighted by molar-refractivity contribution is 0.185. The van der Waals surface area contributed by atoms with Crippen LogP contribution >= 0.6 is 0 Å². The third kappa shape index (κ3) is 4.79. The second-order valence-corrected chi connectivity index (χ2v) is 2.80. The van der Waals surface area contributed by atoms with E-state index in [1.165, 1.54) is 0 Å². The normalized spacial score (nSPS) is 16.6. The van der Waals surface area contributed by atoms with Crippen LogP contribution in [0.5, 0.6) is 0 Å². The molecule has 0 unspecified atom stereocenters. The van der Waals surface area contributed by atoms with Gasteiger partial charge in [0.25, 0.3) is 0 Å². The average molecular weight is 154 g/mol. The molecule has 0 amide bonds. The summed E-state index contributed by atoms with van der Waals surface area (Å²) in [6.07, 6.45) is 7.44. The Morgan fingerprint density at radius 2 is 2.18 bits per heavy atom. The molecule has 0 aliphatic rings. The van der Waals surface area contributed by atoms with Crippen LogP contribution in [0.15, 0.2) is 24.8 Å². The van der Waals surface area contributed by atoms with E-state index in [-0.39, 0.29) is 12.0 Å². The lowest BCUT2D eigenvalue weighted by atomic mass is 10.0. The van der Waals surface area contributed by atoms with Crippen molar-refractivity contribution in [3.8, 4) is 0 Å². The van der Waals surface area contributed by atoms with Crippen molar-refractivity contribution in [1.29, 1.82) is 0 Å². The summed E-state index contributed by atoms with van der Waals surface area (Å²) < 4.78 is 0. The van der Waals surface area contributed by atoms with E-state index < -0.39 is 0 Å². The predicted octanol–water partition coefficient (Wildman–Crippen LogP) is 2.53. The van der Waals surface area contributed by atoms with E-state index in [1.54, 1.807) is 6.08 Å². The van der Waals surface area contributed by atoms with E-state index in [0.29, 0.717) is 0 Å². The number of allylic oxidation sites excluding steroid dienone is 1. The van der Waals surface area contributed by atoms with Gasteiger partial charge in [-0.15, -0.1) is 6.58 Å². The maximum absolute atomic E-state index is 9.39. The van der Waals surface area contributed by atoms with Gasteiger partial charge in [0.1, 0.15) is 0 Å². The third-order valence-corrected chi connectivity index (χ3v) is 1.70. The molecule has 0 fully saturated rings. The van der Waals surface area contributed by atoms with Crippen LogP contribution in [0.2, 0.25) is 0 Å².